The third-order valence-electron chi connectivity index (χ3n) is 3.91. The van der Waals surface area contributed by atoms with Crippen molar-refractivity contribution in [3.05, 3.63) is 46.0 Å². The molecule has 0 fully saturated rings. The van der Waals surface area contributed by atoms with Crippen molar-refractivity contribution in [2.75, 3.05) is 7.11 Å². The van der Waals surface area contributed by atoms with Gasteiger partial charge in [0.05, 0.1) is 7.11 Å². The second-order valence-corrected chi connectivity index (χ2v) is 6.84. The molecule has 1 aromatic rings. The minimum Gasteiger partial charge on any atom is -0.496 e. The van der Waals surface area contributed by atoms with Crippen LogP contribution in [-0.4, -0.2) is 7.11 Å². The first-order chi connectivity index (χ1) is 9.32. The Morgan fingerprint density at radius 3 is 2.30 bits per heavy atom. The Bertz CT molecular complexity index is 568. The van der Waals surface area contributed by atoms with Gasteiger partial charge in [-0.3, -0.25) is 0 Å². The van der Waals surface area contributed by atoms with Gasteiger partial charge in [0.2, 0.25) is 0 Å². The van der Waals surface area contributed by atoms with Gasteiger partial charge in [-0.25, -0.2) is 0 Å². The molecule has 0 bridgehead atoms. The van der Waals surface area contributed by atoms with Crippen LogP contribution in [0.3, 0.4) is 0 Å². The van der Waals surface area contributed by atoms with Crippen molar-refractivity contribution in [1.29, 1.82) is 0 Å². The molecule has 0 aliphatic heterocycles. The molecule has 0 radical (unpaired) electrons. The van der Waals surface area contributed by atoms with Crippen molar-refractivity contribution in [2.24, 2.45) is 0 Å². The van der Waals surface area contributed by atoms with Crippen molar-refractivity contribution in [3.63, 3.8) is 0 Å². The molecule has 0 N–H and O–H groups in total. The van der Waals surface area contributed by atoms with Gasteiger partial charge in [-0.05, 0) is 49.3 Å². The second-order valence-electron chi connectivity index (χ2n) is 6.84. The van der Waals surface area contributed by atoms with Gasteiger partial charge in [-0.2, -0.15) is 0 Å². The minimum absolute atomic E-state index is 0.0925. The van der Waals surface area contributed by atoms with Gasteiger partial charge in [0.1, 0.15) is 5.75 Å². The number of methoxy groups -OCH3 is 1. The van der Waals surface area contributed by atoms with Gasteiger partial charge in [-0.15, -0.1) is 0 Å². The summed E-state index contributed by atoms with van der Waals surface area (Å²) >= 11 is 0. The van der Waals surface area contributed by atoms with Crippen molar-refractivity contribution >= 4 is 6.08 Å². The molecule has 1 aliphatic rings. The molecule has 20 heavy (non-hydrogen) atoms. The molecule has 108 valence electrons. The van der Waals surface area contributed by atoms with Gasteiger partial charge >= 0.3 is 0 Å². The van der Waals surface area contributed by atoms with E-state index in [1.807, 2.05) is 0 Å². The molecule has 0 unspecified atom stereocenters. The summed E-state index contributed by atoms with van der Waals surface area (Å²) in [6.45, 7) is 11.2. The molecular weight excluding hydrogens is 244 g/mol. The highest BCUT2D eigenvalue weighted by molar-refractivity contribution is 5.64. The van der Waals surface area contributed by atoms with E-state index in [-0.39, 0.29) is 5.41 Å². The second kappa shape index (κ2) is 5.47. The summed E-state index contributed by atoms with van der Waals surface area (Å²) in [5, 5.41) is 0. The van der Waals surface area contributed by atoms with Crippen LogP contribution in [0.2, 0.25) is 0 Å². The van der Waals surface area contributed by atoms with Crippen molar-refractivity contribution in [1.82, 2.24) is 0 Å². The van der Waals surface area contributed by atoms with Crippen LogP contribution >= 0.6 is 0 Å². The predicted molar refractivity (Wildman–Crippen MR) is 87.4 cm³/mol. The summed E-state index contributed by atoms with van der Waals surface area (Å²) in [6.07, 6.45) is 6.80. The standard InChI is InChI=1S/C19H26O/c1-13-7-9-16-15(12-14(2)11-13)8-10-17(20-6)18(16)19(3,4)5/h8,10-12H,7,9H2,1-6H3. The average molecular weight is 270 g/mol. The van der Waals surface area contributed by atoms with E-state index in [0.717, 1.165) is 18.6 Å². The van der Waals surface area contributed by atoms with Crippen LogP contribution in [0.4, 0.5) is 0 Å². The lowest BCUT2D eigenvalue weighted by Gasteiger charge is -2.28. The van der Waals surface area contributed by atoms with E-state index in [1.54, 1.807) is 7.11 Å². The highest BCUT2D eigenvalue weighted by Gasteiger charge is 2.24. The first-order valence-electron chi connectivity index (χ1n) is 7.38. The first kappa shape index (κ1) is 14.9. The smallest absolute Gasteiger partial charge is 0.122 e. The number of hydrogen-bond donors (Lipinski definition) is 0. The molecular formula is C19H26O. The molecule has 0 amide bonds. The molecule has 0 heterocycles. The summed E-state index contributed by atoms with van der Waals surface area (Å²) in [7, 11) is 1.77. The van der Waals surface area contributed by atoms with Gasteiger partial charge < -0.3 is 4.74 Å². The molecule has 1 nitrogen and oxygen atoms in total. The maximum absolute atomic E-state index is 5.63. The molecule has 0 aromatic heterocycles. The van der Waals surface area contributed by atoms with Crippen molar-refractivity contribution < 1.29 is 4.74 Å². The molecule has 2 rings (SSSR count). The van der Waals surface area contributed by atoms with Crippen LogP contribution in [0.5, 0.6) is 5.75 Å². The zero-order valence-corrected chi connectivity index (χ0v) is 13.6. The van der Waals surface area contributed by atoms with Gasteiger partial charge in [0, 0.05) is 5.56 Å². The van der Waals surface area contributed by atoms with Gasteiger partial charge in [0.25, 0.3) is 0 Å². The van der Waals surface area contributed by atoms with E-state index >= 15 is 0 Å². The fourth-order valence-electron chi connectivity index (χ4n) is 3.11. The third kappa shape index (κ3) is 2.98. The quantitative estimate of drug-likeness (QED) is 0.674. The Hall–Kier alpha value is -1.50. The lowest BCUT2D eigenvalue weighted by atomic mass is 9.79. The van der Waals surface area contributed by atoms with Crippen LogP contribution in [0.15, 0.2) is 29.4 Å². The highest BCUT2D eigenvalue weighted by Crippen LogP contribution is 2.38. The van der Waals surface area contributed by atoms with Crippen LogP contribution in [0.25, 0.3) is 6.08 Å². The minimum atomic E-state index is 0.0925. The lowest BCUT2D eigenvalue weighted by molar-refractivity contribution is 0.396. The number of allylic oxidation sites excluding steroid dienone is 3. The Morgan fingerprint density at radius 1 is 1.00 bits per heavy atom. The first-order valence-corrected chi connectivity index (χ1v) is 7.38. The largest absolute Gasteiger partial charge is 0.496 e. The van der Waals surface area contributed by atoms with Crippen molar-refractivity contribution in [2.45, 2.75) is 52.9 Å². The molecule has 0 saturated heterocycles. The number of rotatable bonds is 1. The summed E-state index contributed by atoms with van der Waals surface area (Å²) in [5.41, 5.74) is 7.02. The lowest BCUT2D eigenvalue weighted by Crippen LogP contribution is -2.17. The Labute approximate surface area is 123 Å². The van der Waals surface area contributed by atoms with Crippen LogP contribution in [0, 0.1) is 0 Å². The van der Waals surface area contributed by atoms with E-state index in [1.165, 1.54) is 27.8 Å². The summed E-state index contributed by atoms with van der Waals surface area (Å²) < 4.78 is 5.63. The molecule has 1 aromatic carbocycles. The normalized spacial score (nSPS) is 15.7. The maximum atomic E-state index is 5.63. The average Bonchev–Trinajstić information content (AvgIpc) is 2.33. The predicted octanol–water partition coefficient (Wildman–Crippen LogP) is 5.29. The summed E-state index contributed by atoms with van der Waals surface area (Å²) in [6, 6.07) is 4.31. The maximum Gasteiger partial charge on any atom is 0.122 e. The van der Waals surface area contributed by atoms with E-state index in [9.17, 15) is 0 Å². The van der Waals surface area contributed by atoms with Gasteiger partial charge in [-0.1, -0.05) is 50.1 Å². The Balaban J connectivity index is 2.69. The third-order valence-corrected chi connectivity index (χ3v) is 3.91. The zero-order chi connectivity index (χ0) is 14.9. The van der Waals surface area contributed by atoms with E-state index in [4.69, 9.17) is 4.74 Å². The molecule has 0 atom stereocenters. The number of ether oxygens (including phenoxy) is 1. The topological polar surface area (TPSA) is 9.23 Å². The fraction of sp³-hybridized carbons (Fsp3) is 0.474. The fourth-order valence-corrected chi connectivity index (χ4v) is 3.11. The molecule has 1 aliphatic carbocycles. The van der Waals surface area contributed by atoms with Gasteiger partial charge in [0.15, 0.2) is 0 Å². The van der Waals surface area contributed by atoms with E-state index in [2.05, 4.69) is 58.9 Å². The van der Waals surface area contributed by atoms with Crippen LogP contribution in [-0.2, 0) is 11.8 Å². The van der Waals surface area contributed by atoms with Crippen LogP contribution in [0.1, 0.15) is 57.7 Å². The molecule has 0 spiro atoms. The monoisotopic (exact) mass is 270 g/mol. The van der Waals surface area contributed by atoms with E-state index < -0.39 is 0 Å². The molecule has 0 saturated carbocycles. The van der Waals surface area contributed by atoms with Crippen LogP contribution < -0.4 is 4.74 Å². The summed E-state index contributed by atoms with van der Waals surface area (Å²) in [5.74, 6) is 1.02. The highest BCUT2D eigenvalue weighted by atomic mass is 16.5. The number of fused-ring (bicyclic) bond motifs is 1. The number of hydrogen-bond acceptors (Lipinski definition) is 1. The SMILES string of the molecule is COc1ccc2c(c1C(C)(C)C)CCC(C)=CC(C)=C2. The molecule has 1 heteroatoms. The van der Waals surface area contributed by atoms with E-state index in [0.29, 0.717) is 0 Å². The van der Waals surface area contributed by atoms with Crippen molar-refractivity contribution in [3.8, 4) is 5.75 Å². The summed E-state index contributed by atoms with van der Waals surface area (Å²) in [4.78, 5) is 0. The number of benzene rings is 1. The Kier molecular flexibility index (Phi) is 4.08. The zero-order valence-electron chi connectivity index (χ0n) is 13.6. The Morgan fingerprint density at radius 2 is 1.70 bits per heavy atom.